The number of hydrogen-bond acceptors (Lipinski definition) is 6. The molecule has 0 radical (unpaired) electrons. The molecule has 34 heavy (non-hydrogen) atoms. The largest absolute Gasteiger partial charge is 0.453 e. The number of carbonyl (C=O) groups is 1. The van der Waals surface area contributed by atoms with Gasteiger partial charge in [0.2, 0.25) is 0 Å². The van der Waals surface area contributed by atoms with Crippen molar-refractivity contribution in [2.45, 2.75) is 44.4 Å². The SMILES string of the molecule is C[C@@H]1C(OC(=O)c2ccccc2)[C@H](OCc2ccccc2)OC2COC(c3ccccc3)O[C@@H]21. The highest BCUT2D eigenvalue weighted by Crippen LogP contribution is 2.38. The van der Waals surface area contributed by atoms with Gasteiger partial charge in [0.05, 0.1) is 24.9 Å². The first-order chi connectivity index (χ1) is 16.7. The fraction of sp³-hybridized carbons (Fsp3) is 0.321. The van der Waals surface area contributed by atoms with Crippen molar-refractivity contribution in [2.75, 3.05) is 6.61 Å². The molecule has 0 saturated carbocycles. The first-order valence-electron chi connectivity index (χ1n) is 11.6. The van der Waals surface area contributed by atoms with Gasteiger partial charge in [0.25, 0.3) is 0 Å². The summed E-state index contributed by atoms with van der Waals surface area (Å²) in [7, 11) is 0. The van der Waals surface area contributed by atoms with Gasteiger partial charge in [-0.2, -0.15) is 0 Å². The number of hydrogen-bond donors (Lipinski definition) is 0. The standard InChI is InChI=1S/C28H28O6/c1-19-24-23(18-31-27(34-24)22-15-9-4-10-16-22)32-28(30-17-20-11-5-2-6-12-20)25(19)33-26(29)21-13-7-3-8-14-21/h2-16,19,23-25,27-28H,17-18H2,1H3/t19-,23?,24+,25?,27?,28+/m0/s1. The molecule has 0 bridgehead atoms. The average Bonchev–Trinajstić information content (AvgIpc) is 2.90. The lowest BCUT2D eigenvalue weighted by Gasteiger charge is -2.48. The molecule has 0 spiro atoms. The molecule has 6 nitrogen and oxygen atoms in total. The molecule has 2 aliphatic heterocycles. The molecule has 2 aliphatic rings. The summed E-state index contributed by atoms with van der Waals surface area (Å²) in [6, 6.07) is 28.6. The monoisotopic (exact) mass is 460 g/mol. The molecule has 3 aromatic rings. The average molecular weight is 461 g/mol. The van der Waals surface area contributed by atoms with E-state index >= 15 is 0 Å². The van der Waals surface area contributed by atoms with E-state index in [0.29, 0.717) is 18.8 Å². The van der Waals surface area contributed by atoms with Crippen molar-refractivity contribution < 1.29 is 28.5 Å². The van der Waals surface area contributed by atoms with E-state index in [9.17, 15) is 4.79 Å². The Kier molecular flexibility index (Phi) is 7.02. The lowest BCUT2D eigenvalue weighted by atomic mass is 9.89. The van der Waals surface area contributed by atoms with Crippen molar-refractivity contribution in [1.29, 1.82) is 0 Å². The van der Waals surface area contributed by atoms with Crippen molar-refractivity contribution in [3.8, 4) is 0 Å². The zero-order valence-electron chi connectivity index (χ0n) is 19.0. The van der Waals surface area contributed by atoms with Crippen LogP contribution >= 0.6 is 0 Å². The Morgan fingerprint density at radius 1 is 0.882 bits per heavy atom. The Labute approximate surface area is 199 Å². The smallest absolute Gasteiger partial charge is 0.338 e. The molecule has 5 rings (SSSR count). The molecule has 3 unspecified atom stereocenters. The number of benzene rings is 3. The number of ether oxygens (including phenoxy) is 5. The third-order valence-electron chi connectivity index (χ3n) is 6.25. The topological polar surface area (TPSA) is 63.2 Å². The normalized spacial score (nSPS) is 28.6. The molecule has 0 N–H and O–H groups in total. The molecule has 176 valence electrons. The quantitative estimate of drug-likeness (QED) is 0.488. The van der Waals surface area contributed by atoms with Gasteiger partial charge >= 0.3 is 5.97 Å². The first kappa shape index (κ1) is 22.7. The number of carbonyl (C=O) groups excluding carboxylic acids is 1. The van der Waals surface area contributed by atoms with Gasteiger partial charge < -0.3 is 23.7 Å². The van der Waals surface area contributed by atoms with Gasteiger partial charge in [-0.3, -0.25) is 0 Å². The van der Waals surface area contributed by atoms with E-state index in [1.54, 1.807) is 12.1 Å². The van der Waals surface area contributed by atoms with Crippen LogP contribution in [0.15, 0.2) is 91.0 Å². The Balaban J connectivity index is 1.35. The minimum atomic E-state index is -0.746. The van der Waals surface area contributed by atoms with Crippen LogP contribution in [0.5, 0.6) is 0 Å². The summed E-state index contributed by atoms with van der Waals surface area (Å²) in [6.07, 6.45) is -2.54. The van der Waals surface area contributed by atoms with Crippen molar-refractivity contribution in [2.24, 2.45) is 5.92 Å². The second-order valence-electron chi connectivity index (χ2n) is 8.61. The summed E-state index contributed by atoms with van der Waals surface area (Å²) in [6.45, 7) is 2.71. The molecule has 6 heteroatoms. The van der Waals surface area contributed by atoms with Gasteiger partial charge in [-0.1, -0.05) is 85.8 Å². The fourth-order valence-corrected chi connectivity index (χ4v) is 4.41. The molecule has 0 aromatic heterocycles. The summed E-state index contributed by atoms with van der Waals surface area (Å²) in [5.74, 6) is -0.596. The van der Waals surface area contributed by atoms with Crippen molar-refractivity contribution in [3.05, 3.63) is 108 Å². The van der Waals surface area contributed by atoms with E-state index in [-0.39, 0.29) is 18.1 Å². The van der Waals surface area contributed by atoms with Crippen LogP contribution in [0.3, 0.4) is 0 Å². The third kappa shape index (κ3) is 5.05. The highest BCUT2D eigenvalue weighted by atomic mass is 16.8. The fourth-order valence-electron chi connectivity index (χ4n) is 4.41. The van der Waals surface area contributed by atoms with Crippen LogP contribution in [-0.2, 0) is 30.3 Å². The minimum Gasteiger partial charge on any atom is -0.453 e. The van der Waals surface area contributed by atoms with Gasteiger partial charge in [0.1, 0.15) is 6.10 Å². The predicted octanol–water partition coefficient (Wildman–Crippen LogP) is 4.90. The lowest BCUT2D eigenvalue weighted by molar-refractivity contribution is -0.352. The van der Waals surface area contributed by atoms with Crippen LogP contribution in [0.4, 0.5) is 0 Å². The Bertz CT molecular complexity index is 1060. The molecule has 0 aliphatic carbocycles. The maximum atomic E-state index is 12.9. The van der Waals surface area contributed by atoms with Crippen molar-refractivity contribution in [1.82, 2.24) is 0 Å². The molecule has 2 fully saturated rings. The van der Waals surface area contributed by atoms with E-state index in [2.05, 4.69) is 0 Å². The summed E-state index contributed by atoms with van der Waals surface area (Å²) < 4.78 is 30.7. The number of rotatable bonds is 6. The highest BCUT2D eigenvalue weighted by Gasteiger charge is 2.50. The first-order valence-corrected chi connectivity index (χ1v) is 11.6. The molecule has 2 heterocycles. The maximum Gasteiger partial charge on any atom is 0.338 e. The molecular weight excluding hydrogens is 432 g/mol. The van der Waals surface area contributed by atoms with Crippen LogP contribution in [-0.4, -0.2) is 37.2 Å². The summed E-state index contributed by atoms with van der Waals surface area (Å²) in [5, 5.41) is 0. The van der Waals surface area contributed by atoms with Gasteiger partial charge in [-0.05, 0) is 17.7 Å². The lowest BCUT2D eigenvalue weighted by Crippen LogP contribution is -2.59. The Morgan fingerprint density at radius 3 is 2.24 bits per heavy atom. The number of esters is 1. The molecule has 6 atom stereocenters. The van der Waals surface area contributed by atoms with Crippen LogP contribution in [0, 0.1) is 5.92 Å². The zero-order valence-corrected chi connectivity index (χ0v) is 19.0. The predicted molar refractivity (Wildman–Crippen MR) is 125 cm³/mol. The molecular formula is C28H28O6. The van der Waals surface area contributed by atoms with Gasteiger partial charge in [0, 0.05) is 11.5 Å². The van der Waals surface area contributed by atoms with E-state index in [1.807, 2.05) is 85.8 Å². The van der Waals surface area contributed by atoms with E-state index < -0.39 is 24.7 Å². The highest BCUT2D eigenvalue weighted by molar-refractivity contribution is 5.89. The second-order valence-corrected chi connectivity index (χ2v) is 8.61. The zero-order chi connectivity index (χ0) is 23.3. The van der Waals surface area contributed by atoms with Gasteiger partial charge in [-0.25, -0.2) is 4.79 Å². The van der Waals surface area contributed by atoms with Crippen molar-refractivity contribution >= 4 is 5.97 Å². The Morgan fingerprint density at radius 2 is 1.53 bits per heavy atom. The second kappa shape index (κ2) is 10.5. The van der Waals surface area contributed by atoms with E-state index in [4.69, 9.17) is 23.7 Å². The molecule has 2 saturated heterocycles. The molecule has 3 aromatic carbocycles. The summed E-state index contributed by atoms with van der Waals surface area (Å²) in [5.41, 5.74) is 2.43. The van der Waals surface area contributed by atoms with Crippen LogP contribution in [0.1, 0.15) is 34.7 Å². The van der Waals surface area contributed by atoms with Crippen LogP contribution < -0.4 is 0 Å². The van der Waals surface area contributed by atoms with Gasteiger partial charge in [0.15, 0.2) is 18.7 Å². The Hall–Kier alpha value is -3.03. The van der Waals surface area contributed by atoms with Crippen LogP contribution in [0.2, 0.25) is 0 Å². The number of fused-ring (bicyclic) bond motifs is 1. The summed E-state index contributed by atoms with van der Waals surface area (Å²) >= 11 is 0. The minimum absolute atomic E-state index is 0.178. The van der Waals surface area contributed by atoms with Crippen LogP contribution in [0.25, 0.3) is 0 Å². The summed E-state index contributed by atoms with van der Waals surface area (Å²) in [4.78, 5) is 12.9. The third-order valence-corrected chi connectivity index (χ3v) is 6.25. The van der Waals surface area contributed by atoms with E-state index in [1.165, 1.54) is 0 Å². The van der Waals surface area contributed by atoms with E-state index in [0.717, 1.165) is 11.1 Å². The molecule has 0 amide bonds. The maximum absolute atomic E-state index is 12.9. The van der Waals surface area contributed by atoms with Crippen molar-refractivity contribution in [3.63, 3.8) is 0 Å². The van der Waals surface area contributed by atoms with Gasteiger partial charge in [-0.15, -0.1) is 0 Å².